The van der Waals surface area contributed by atoms with E-state index in [1.165, 1.54) is 24.3 Å². The Labute approximate surface area is 150 Å². The molecule has 3 rings (SSSR count). The minimum Gasteiger partial charge on any atom is -0.337 e. The van der Waals surface area contributed by atoms with Crippen LogP contribution in [0.4, 0.5) is 4.39 Å². The first-order valence-electron chi connectivity index (χ1n) is 8.14. The number of amides is 2. The predicted molar refractivity (Wildman–Crippen MR) is 94.3 cm³/mol. The summed E-state index contributed by atoms with van der Waals surface area (Å²) in [5.41, 5.74) is 1.04. The lowest BCUT2D eigenvalue weighted by molar-refractivity contribution is 0.0718. The summed E-state index contributed by atoms with van der Waals surface area (Å²) in [4.78, 5) is 28.6. The number of rotatable bonds is 2. The molecule has 1 aliphatic rings. The van der Waals surface area contributed by atoms with E-state index in [2.05, 4.69) is 0 Å². The minimum absolute atomic E-state index is 0.0623. The number of halogens is 2. The van der Waals surface area contributed by atoms with Crippen molar-refractivity contribution in [1.82, 2.24) is 9.80 Å². The number of benzene rings is 2. The van der Waals surface area contributed by atoms with Crippen molar-refractivity contribution in [3.05, 3.63) is 70.5 Å². The molecular formula is C19H18ClFN2O2. The molecule has 2 aromatic carbocycles. The predicted octanol–water partition coefficient (Wildman–Crippen LogP) is 3.47. The van der Waals surface area contributed by atoms with E-state index in [0.717, 1.165) is 0 Å². The number of carbonyl (C=O) groups excluding carboxylic acids is 2. The van der Waals surface area contributed by atoms with E-state index in [9.17, 15) is 14.0 Å². The van der Waals surface area contributed by atoms with Crippen molar-refractivity contribution >= 4 is 23.4 Å². The zero-order valence-electron chi connectivity index (χ0n) is 13.6. The maximum atomic E-state index is 13.0. The molecule has 1 aliphatic heterocycles. The van der Waals surface area contributed by atoms with Crippen LogP contribution in [0, 0.1) is 5.82 Å². The third-order valence-corrected chi connectivity index (χ3v) is 4.50. The van der Waals surface area contributed by atoms with Gasteiger partial charge in [0.1, 0.15) is 5.82 Å². The van der Waals surface area contributed by atoms with Crippen LogP contribution in [0.2, 0.25) is 5.02 Å². The van der Waals surface area contributed by atoms with E-state index in [-0.39, 0.29) is 17.6 Å². The summed E-state index contributed by atoms with van der Waals surface area (Å²) < 4.78 is 13.0. The van der Waals surface area contributed by atoms with Gasteiger partial charge in [-0.2, -0.15) is 0 Å². The smallest absolute Gasteiger partial charge is 0.253 e. The molecule has 0 aromatic heterocycles. The van der Waals surface area contributed by atoms with Crippen LogP contribution >= 0.6 is 11.6 Å². The number of hydrogen-bond donors (Lipinski definition) is 0. The molecule has 1 saturated heterocycles. The minimum atomic E-state index is -0.368. The van der Waals surface area contributed by atoms with E-state index in [4.69, 9.17) is 11.6 Å². The Morgan fingerprint density at radius 1 is 0.760 bits per heavy atom. The van der Waals surface area contributed by atoms with Gasteiger partial charge in [-0.3, -0.25) is 9.59 Å². The van der Waals surface area contributed by atoms with Gasteiger partial charge in [-0.1, -0.05) is 11.6 Å². The van der Waals surface area contributed by atoms with E-state index < -0.39 is 0 Å². The highest BCUT2D eigenvalue weighted by Crippen LogP contribution is 2.15. The first kappa shape index (κ1) is 17.4. The zero-order valence-corrected chi connectivity index (χ0v) is 14.4. The van der Waals surface area contributed by atoms with Crippen LogP contribution in [-0.2, 0) is 0 Å². The lowest BCUT2D eigenvalue weighted by Crippen LogP contribution is -2.37. The van der Waals surface area contributed by atoms with E-state index >= 15 is 0 Å². The quantitative estimate of drug-likeness (QED) is 0.822. The van der Waals surface area contributed by atoms with Gasteiger partial charge >= 0.3 is 0 Å². The summed E-state index contributed by atoms with van der Waals surface area (Å²) in [6.07, 6.45) is 0.701. The van der Waals surface area contributed by atoms with Gasteiger partial charge in [-0.15, -0.1) is 0 Å². The second-order valence-electron chi connectivity index (χ2n) is 5.95. The van der Waals surface area contributed by atoms with Crippen molar-refractivity contribution in [2.45, 2.75) is 6.42 Å². The topological polar surface area (TPSA) is 40.6 Å². The Kier molecular flexibility index (Phi) is 5.34. The molecule has 2 amide bonds. The van der Waals surface area contributed by atoms with Crippen molar-refractivity contribution < 1.29 is 14.0 Å². The molecule has 0 atom stereocenters. The molecular weight excluding hydrogens is 343 g/mol. The molecule has 0 aliphatic carbocycles. The maximum Gasteiger partial charge on any atom is 0.253 e. The first-order valence-corrected chi connectivity index (χ1v) is 8.52. The van der Waals surface area contributed by atoms with Crippen LogP contribution < -0.4 is 0 Å². The Bertz CT molecular complexity index is 696. The zero-order chi connectivity index (χ0) is 17.8. The highest BCUT2D eigenvalue weighted by molar-refractivity contribution is 6.30. The van der Waals surface area contributed by atoms with Crippen LogP contribution in [0.25, 0.3) is 0 Å². The lowest BCUT2D eigenvalue weighted by atomic mass is 10.2. The third-order valence-electron chi connectivity index (χ3n) is 4.25. The molecule has 130 valence electrons. The maximum absolute atomic E-state index is 13.0. The number of nitrogens with zero attached hydrogens (tertiary/aromatic N) is 2. The standard InChI is InChI=1S/C19H18ClFN2O2/c20-16-6-2-14(3-7-16)18(24)22-10-1-11-23(13-12-22)19(25)15-4-8-17(21)9-5-15/h2-9H,1,10-13H2. The molecule has 1 heterocycles. The normalized spacial score (nSPS) is 15.0. The Morgan fingerprint density at radius 2 is 1.20 bits per heavy atom. The van der Waals surface area contributed by atoms with Gasteiger partial charge in [-0.25, -0.2) is 4.39 Å². The fourth-order valence-electron chi connectivity index (χ4n) is 2.87. The molecule has 6 heteroatoms. The summed E-state index contributed by atoms with van der Waals surface area (Å²) in [5.74, 6) is -0.569. The molecule has 0 radical (unpaired) electrons. The highest BCUT2D eigenvalue weighted by atomic mass is 35.5. The molecule has 2 aromatic rings. The van der Waals surface area contributed by atoms with Gasteiger partial charge in [0, 0.05) is 42.3 Å². The van der Waals surface area contributed by atoms with E-state index in [0.29, 0.717) is 48.7 Å². The van der Waals surface area contributed by atoms with Crippen LogP contribution in [-0.4, -0.2) is 47.8 Å². The fourth-order valence-corrected chi connectivity index (χ4v) is 3.00. The summed E-state index contributed by atoms with van der Waals surface area (Å²) in [6.45, 7) is 2.08. The Balaban J connectivity index is 1.65. The van der Waals surface area contributed by atoms with Crippen LogP contribution in [0.15, 0.2) is 48.5 Å². The molecule has 1 fully saturated rings. The second-order valence-corrected chi connectivity index (χ2v) is 6.39. The highest BCUT2D eigenvalue weighted by Gasteiger charge is 2.23. The Hall–Kier alpha value is -2.40. The van der Waals surface area contributed by atoms with Crippen molar-refractivity contribution in [3.8, 4) is 0 Å². The van der Waals surface area contributed by atoms with E-state index in [1.54, 1.807) is 34.1 Å². The second kappa shape index (κ2) is 7.66. The number of carbonyl (C=O) groups is 2. The third kappa shape index (κ3) is 4.17. The molecule has 0 bridgehead atoms. The average Bonchev–Trinajstić information content (AvgIpc) is 2.88. The van der Waals surface area contributed by atoms with Crippen LogP contribution in [0.1, 0.15) is 27.1 Å². The van der Waals surface area contributed by atoms with Crippen molar-refractivity contribution in [2.75, 3.05) is 26.2 Å². The van der Waals surface area contributed by atoms with Crippen LogP contribution in [0.3, 0.4) is 0 Å². The first-order chi connectivity index (χ1) is 12.0. The summed E-state index contributed by atoms with van der Waals surface area (Å²) in [6, 6.07) is 12.3. The van der Waals surface area contributed by atoms with E-state index in [1.807, 2.05) is 0 Å². The fraction of sp³-hybridized carbons (Fsp3) is 0.263. The number of hydrogen-bond acceptors (Lipinski definition) is 2. The molecule has 4 nitrogen and oxygen atoms in total. The molecule has 0 spiro atoms. The van der Waals surface area contributed by atoms with Gasteiger partial charge in [-0.05, 0) is 55.0 Å². The van der Waals surface area contributed by atoms with Gasteiger partial charge in [0.15, 0.2) is 0 Å². The summed E-state index contributed by atoms with van der Waals surface area (Å²) >= 11 is 5.86. The Morgan fingerprint density at radius 3 is 1.68 bits per heavy atom. The molecule has 25 heavy (non-hydrogen) atoms. The van der Waals surface area contributed by atoms with Crippen molar-refractivity contribution in [2.24, 2.45) is 0 Å². The van der Waals surface area contributed by atoms with Gasteiger partial charge < -0.3 is 9.80 Å². The summed E-state index contributed by atoms with van der Waals surface area (Å²) in [5, 5.41) is 0.587. The SMILES string of the molecule is O=C(c1ccc(F)cc1)N1CCCN(C(=O)c2ccc(Cl)cc2)CC1. The largest absolute Gasteiger partial charge is 0.337 e. The van der Waals surface area contributed by atoms with Crippen molar-refractivity contribution in [3.63, 3.8) is 0 Å². The van der Waals surface area contributed by atoms with Crippen LogP contribution in [0.5, 0.6) is 0 Å². The van der Waals surface area contributed by atoms with Gasteiger partial charge in [0.2, 0.25) is 0 Å². The molecule has 0 unspecified atom stereocenters. The van der Waals surface area contributed by atoms with Crippen molar-refractivity contribution in [1.29, 1.82) is 0 Å². The molecule has 0 N–H and O–H groups in total. The van der Waals surface area contributed by atoms with Gasteiger partial charge in [0.25, 0.3) is 11.8 Å². The monoisotopic (exact) mass is 360 g/mol. The summed E-state index contributed by atoms with van der Waals surface area (Å²) in [7, 11) is 0. The van der Waals surface area contributed by atoms with Gasteiger partial charge in [0.05, 0.1) is 0 Å². The average molecular weight is 361 g/mol. The molecule has 0 saturated carbocycles. The lowest BCUT2D eigenvalue weighted by Gasteiger charge is -2.22.